The first-order chi connectivity index (χ1) is 11.2. The Hall–Kier alpha value is -1.73. The Morgan fingerprint density at radius 3 is 3.00 bits per heavy atom. The lowest BCUT2D eigenvalue weighted by Gasteiger charge is -2.13. The maximum absolute atomic E-state index is 12.5. The van der Waals surface area contributed by atoms with Gasteiger partial charge in [0, 0.05) is 24.4 Å². The van der Waals surface area contributed by atoms with Crippen LogP contribution in [-0.4, -0.2) is 34.6 Å². The fraction of sp³-hybridized carbons (Fsp3) is 0.562. The van der Waals surface area contributed by atoms with E-state index in [-0.39, 0.29) is 12.0 Å². The van der Waals surface area contributed by atoms with Gasteiger partial charge in [-0.2, -0.15) is 4.98 Å². The maximum Gasteiger partial charge on any atom is 0.264 e. The molecule has 0 unspecified atom stereocenters. The van der Waals surface area contributed by atoms with E-state index in [1.807, 2.05) is 12.1 Å². The molecule has 2 aliphatic rings. The maximum atomic E-state index is 12.5. The van der Waals surface area contributed by atoms with Gasteiger partial charge in [0.1, 0.15) is 6.54 Å². The number of aromatic nitrogens is 2. The van der Waals surface area contributed by atoms with E-state index >= 15 is 0 Å². The van der Waals surface area contributed by atoms with E-state index in [4.69, 9.17) is 9.26 Å². The van der Waals surface area contributed by atoms with Gasteiger partial charge in [-0.15, -0.1) is 11.3 Å². The molecule has 4 rings (SSSR count). The smallest absolute Gasteiger partial charge is 0.264 e. The van der Waals surface area contributed by atoms with Gasteiger partial charge in [0.25, 0.3) is 5.91 Å². The number of carbonyl (C=O) groups excluding carboxylic acids is 1. The summed E-state index contributed by atoms with van der Waals surface area (Å²) in [5, 5.41) is 3.98. The second-order valence-corrected chi connectivity index (χ2v) is 7.30. The van der Waals surface area contributed by atoms with Crippen LogP contribution in [0.1, 0.15) is 64.0 Å². The van der Waals surface area contributed by atoms with Crippen molar-refractivity contribution in [3.8, 4) is 0 Å². The Morgan fingerprint density at radius 2 is 2.26 bits per heavy atom. The highest BCUT2D eigenvalue weighted by Crippen LogP contribution is 2.38. The lowest BCUT2D eigenvalue weighted by Crippen LogP contribution is -2.25. The molecule has 0 bridgehead atoms. The van der Waals surface area contributed by atoms with Crippen LogP contribution in [0.2, 0.25) is 0 Å². The van der Waals surface area contributed by atoms with Gasteiger partial charge in [0.05, 0.1) is 11.0 Å². The molecule has 0 N–H and O–H groups in total. The van der Waals surface area contributed by atoms with Crippen molar-refractivity contribution in [1.29, 1.82) is 0 Å². The molecule has 1 amide bonds. The molecule has 1 aliphatic carbocycles. The molecule has 0 spiro atoms. The summed E-state index contributed by atoms with van der Waals surface area (Å²) in [5.41, 5.74) is 0. The molecule has 0 aromatic carbocycles. The van der Waals surface area contributed by atoms with E-state index in [1.54, 1.807) is 11.9 Å². The van der Waals surface area contributed by atoms with Crippen LogP contribution in [-0.2, 0) is 11.3 Å². The molecule has 6 nitrogen and oxygen atoms in total. The zero-order valence-corrected chi connectivity index (χ0v) is 13.8. The fourth-order valence-corrected chi connectivity index (χ4v) is 3.83. The van der Waals surface area contributed by atoms with Gasteiger partial charge in [0.15, 0.2) is 5.82 Å². The zero-order chi connectivity index (χ0) is 15.8. The first-order valence-corrected chi connectivity index (χ1v) is 8.81. The van der Waals surface area contributed by atoms with Crippen molar-refractivity contribution in [2.45, 2.75) is 44.2 Å². The van der Waals surface area contributed by atoms with Gasteiger partial charge in [-0.05, 0) is 37.8 Å². The average molecular weight is 333 g/mol. The van der Waals surface area contributed by atoms with Crippen molar-refractivity contribution in [1.82, 2.24) is 15.0 Å². The number of ether oxygens (including phenoxy) is 1. The first-order valence-electron chi connectivity index (χ1n) is 8.00. The highest BCUT2D eigenvalue weighted by molar-refractivity contribution is 7.14. The molecular weight excluding hydrogens is 314 g/mol. The van der Waals surface area contributed by atoms with Crippen LogP contribution in [0.4, 0.5) is 0 Å². The molecule has 1 saturated heterocycles. The molecule has 1 atom stereocenters. The van der Waals surface area contributed by atoms with Crippen LogP contribution in [0.3, 0.4) is 0 Å². The van der Waals surface area contributed by atoms with E-state index in [1.165, 1.54) is 11.3 Å². The number of thiophene rings is 1. The monoisotopic (exact) mass is 333 g/mol. The quantitative estimate of drug-likeness (QED) is 0.841. The largest absolute Gasteiger partial charge is 0.373 e. The molecular formula is C16H19N3O3S. The summed E-state index contributed by atoms with van der Waals surface area (Å²) in [6.45, 7) is 1.15. The molecule has 3 heterocycles. The summed E-state index contributed by atoms with van der Waals surface area (Å²) >= 11 is 1.51. The van der Waals surface area contributed by atoms with Crippen molar-refractivity contribution in [3.05, 3.63) is 33.6 Å². The van der Waals surface area contributed by atoms with E-state index in [2.05, 4.69) is 10.1 Å². The van der Waals surface area contributed by atoms with Gasteiger partial charge < -0.3 is 14.2 Å². The highest BCUT2D eigenvalue weighted by Gasteiger charge is 2.29. The third-order valence-electron chi connectivity index (χ3n) is 4.23. The van der Waals surface area contributed by atoms with Gasteiger partial charge >= 0.3 is 0 Å². The summed E-state index contributed by atoms with van der Waals surface area (Å²) in [4.78, 5) is 20.4. The van der Waals surface area contributed by atoms with Crippen molar-refractivity contribution in [3.63, 3.8) is 0 Å². The van der Waals surface area contributed by atoms with Crippen LogP contribution in [0, 0.1) is 0 Å². The highest BCUT2D eigenvalue weighted by atomic mass is 32.1. The zero-order valence-electron chi connectivity index (χ0n) is 13.0. The third-order valence-corrected chi connectivity index (χ3v) is 5.40. The van der Waals surface area contributed by atoms with Crippen LogP contribution < -0.4 is 0 Å². The summed E-state index contributed by atoms with van der Waals surface area (Å²) in [5.74, 6) is 1.71. The van der Waals surface area contributed by atoms with Gasteiger partial charge in [-0.1, -0.05) is 5.16 Å². The second kappa shape index (κ2) is 6.05. The third kappa shape index (κ3) is 3.16. The summed E-state index contributed by atoms with van der Waals surface area (Å²) < 4.78 is 10.9. The first kappa shape index (κ1) is 14.8. The minimum atomic E-state index is -0.0228. The fourth-order valence-electron chi connectivity index (χ4n) is 2.75. The lowest BCUT2D eigenvalue weighted by molar-refractivity contribution is 0.0774. The van der Waals surface area contributed by atoms with E-state index in [0.29, 0.717) is 18.4 Å². The molecule has 122 valence electrons. The number of nitrogens with zero attached hydrogens (tertiary/aromatic N) is 3. The summed E-state index contributed by atoms with van der Waals surface area (Å²) in [6.07, 6.45) is 4.55. The molecule has 2 aromatic heterocycles. The average Bonchev–Trinajstić information content (AvgIpc) is 3.02. The van der Waals surface area contributed by atoms with Gasteiger partial charge in [0.2, 0.25) is 5.89 Å². The van der Waals surface area contributed by atoms with E-state index in [0.717, 1.165) is 47.9 Å². The Kier molecular flexibility index (Phi) is 3.90. The van der Waals surface area contributed by atoms with Crippen molar-refractivity contribution < 1.29 is 14.1 Å². The summed E-state index contributed by atoms with van der Waals surface area (Å²) in [6, 6.07) is 3.88. The Morgan fingerprint density at radius 1 is 1.39 bits per heavy atom. The summed E-state index contributed by atoms with van der Waals surface area (Å²) in [7, 11) is 1.76. The van der Waals surface area contributed by atoms with Crippen molar-refractivity contribution in [2.75, 3.05) is 13.7 Å². The Bertz CT molecular complexity index is 701. The minimum absolute atomic E-state index is 0.0228. The standard InChI is InChI=1S/C16H19N3O3S/c1-19(9-14-17-15(18-22-14)10-4-5-10)16(20)13-7-6-12(23-13)11-3-2-8-21-11/h6-7,10-11H,2-5,8-9H2,1H3/t11-/m0/s1. The Balaban J connectivity index is 1.40. The minimum Gasteiger partial charge on any atom is -0.373 e. The number of hydrogen-bond donors (Lipinski definition) is 0. The van der Waals surface area contributed by atoms with E-state index < -0.39 is 0 Å². The second-order valence-electron chi connectivity index (χ2n) is 6.19. The molecule has 0 radical (unpaired) electrons. The van der Waals surface area contributed by atoms with Gasteiger partial charge in [-0.3, -0.25) is 4.79 Å². The SMILES string of the molecule is CN(Cc1nc(C2CC2)no1)C(=O)c1ccc([C@@H]2CCCO2)s1. The lowest BCUT2D eigenvalue weighted by atomic mass is 10.2. The number of amides is 1. The van der Waals surface area contributed by atoms with Crippen LogP contribution in [0.5, 0.6) is 0 Å². The topological polar surface area (TPSA) is 68.5 Å². The number of rotatable bonds is 5. The Labute approximate surface area is 138 Å². The van der Waals surface area contributed by atoms with Crippen LogP contribution in [0.25, 0.3) is 0 Å². The van der Waals surface area contributed by atoms with E-state index in [9.17, 15) is 4.79 Å². The predicted molar refractivity (Wildman–Crippen MR) is 84.3 cm³/mol. The molecule has 2 aromatic rings. The normalized spacial score (nSPS) is 20.8. The van der Waals surface area contributed by atoms with Crippen molar-refractivity contribution in [2.24, 2.45) is 0 Å². The molecule has 1 saturated carbocycles. The molecule has 2 fully saturated rings. The predicted octanol–water partition coefficient (Wildman–Crippen LogP) is 3.13. The molecule has 7 heteroatoms. The van der Waals surface area contributed by atoms with Crippen molar-refractivity contribution >= 4 is 17.2 Å². The van der Waals surface area contributed by atoms with Gasteiger partial charge in [-0.25, -0.2) is 0 Å². The van der Waals surface area contributed by atoms with Crippen LogP contribution in [0.15, 0.2) is 16.7 Å². The van der Waals surface area contributed by atoms with Crippen LogP contribution >= 0.6 is 11.3 Å². The number of carbonyl (C=O) groups is 1. The number of hydrogen-bond acceptors (Lipinski definition) is 6. The molecule has 1 aliphatic heterocycles. The molecule has 23 heavy (non-hydrogen) atoms.